The Bertz CT molecular complexity index is 1000. The van der Waals surface area contributed by atoms with Crippen LogP contribution in [-0.4, -0.2) is 50.0 Å². The number of nitrogens with one attached hydrogen (secondary N) is 1. The number of nitrogens with zero attached hydrogens (tertiary/aromatic N) is 4. The van der Waals surface area contributed by atoms with Crippen LogP contribution in [0.3, 0.4) is 0 Å². The maximum absolute atomic E-state index is 12.9. The van der Waals surface area contributed by atoms with Gasteiger partial charge in [-0.2, -0.15) is 5.10 Å². The summed E-state index contributed by atoms with van der Waals surface area (Å²) in [4.78, 5) is 21.3. The van der Waals surface area contributed by atoms with Crippen molar-refractivity contribution in [2.24, 2.45) is 0 Å². The minimum absolute atomic E-state index is 0. The SMILES string of the molecule is CC(O)C(=O)n1nc(-c2ccc(Cl)cc2)c(-c2ccncn2)c1C1CCNCC1.Cl. The van der Waals surface area contributed by atoms with Crippen molar-refractivity contribution >= 4 is 29.9 Å². The van der Waals surface area contributed by atoms with Crippen molar-refractivity contribution < 1.29 is 9.90 Å². The number of halogens is 2. The van der Waals surface area contributed by atoms with E-state index in [0.717, 1.165) is 42.8 Å². The zero-order chi connectivity index (χ0) is 20.4. The molecule has 0 amide bonds. The third-order valence-corrected chi connectivity index (χ3v) is 5.42. The quantitative estimate of drug-likeness (QED) is 0.634. The number of aliphatic hydroxyl groups is 1. The fourth-order valence-electron chi connectivity index (χ4n) is 3.75. The predicted octanol–water partition coefficient (Wildman–Crippen LogP) is 3.57. The second kappa shape index (κ2) is 9.66. The van der Waals surface area contributed by atoms with Gasteiger partial charge in [0.05, 0.1) is 17.0 Å². The van der Waals surface area contributed by atoms with Gasteiger partial charge < -0.3 is 10.4 Å². The zero-order valence-corrected chi connectivity index (χ0v) is 18.0. The van der Waals surface area contributed by atoms with Crippen molar-refractivity contribution in [3.8, 4) is 22.5 Å². The lowest BCUT2D eigenvalue weighted by Crippen LogP contribution is -2.31. The van der Waals surface area contributed by atoms with Crippen molar-refractivity contribution in [1.29, 1.82) is 0 Å². The van der Waals surface area contributed by atoms with Gasteiger partial charge in [-0.15, -0.1) is 12.4 Å². The Morgan fingerprint density at radius 3 is 2.53 bits per heavy atom. The molecular formula is C21H23Cl2N5O2. The summed E-state index contributed by atoms with van der Waals surface area (Å²) in [6.45, 7) is 3.18. The highest BCUT2D eigenvalue weighted by Gasteiger charge is 2.31. The molecule has 4 rings (SSSR count). The summed E-state index contributed by atoms with van der Waals surface area (Å²) >= 11 is 6.07. The van der Waals surface area contributed by atoms with E-state index in [0.29, 0.717) is 16.4 Å². The molecule has 9 heteroatoms. The Hall–Kier alpha value is -2.32. The summed E-state index contributed by atoms with van der Waals surface area (Å²) in [5, 5.41) is 18.7. The fraction of sp³-hybridized carbons (Fsp3) is 0.333. The first-order valence-corrected chi connectivity index (χ1v) is 10.0. The zero-order valence-electron chi connectivity index (χ0n) is 16.5. The molecule has 2 aromatic heterocycles. The van der Waals surface area contributed by atoms with Gasteiger partial charge in [-0.1, -0.05) is 23.7 Å². The number of aliphatic hydroxyl groups excluding tert-OH is 1. The van der Waals surface area contributed by atoms with Gasteiger partial charge in [0, 0.05) is 22.7 Å². The van der Waals surface area contributed by atoms with E-state index >= 15 is 0 Å². The second-order valence-corrected chi connectivity index (χ2v) is 7.60. The molecule has 0 radical (unpaired) electrons. The number of carbonyl (C=O) groups is 1. The van der Waals surface area contributed by atoms with Crippen LogP contribution in [0, 0.1) is 0 Å². The van der Waals surface area contributed by atoms with E-state index in [9.17, 15) is 9.90 Å². The van der Waals surface area contributed by atoms with Crippen LogP contribution in [0.15, 0.2) is 42.9 Å². The third-order valence-electron chi connectivity index (χ3n) is 5.17. The van der Waals surface area contributed by atoms with E-state index in [4.69, 9.17) is 11.6 Å². The molecule has 0 aliphatic carbocycles. The Morgan fingerprint density at radius 2 is 1.93 bits per heavy atom. The van der Waals surface area contributed by atoms with Gasteiger partial charge in [0.2, 0.25) is 0 Å². The van der Waals surface area contributed by atoms with E-state index < -0.39 is 12.0 Å². The van der Waals surface area contributed by atoms with E-state index in [1.165, 1.54) is 17.9 Å². The largest absolute Gasteiger partial charge is 0.383 e. The number of aromatic nitrogens is 4. The number of piperidine rings is 1. The molecule has 0 bridgehead atoms. The molecular weight excluding hydrogens is 425 g/mol. The Kier molecular flexibility index (Phi) is 7.20. The molecule has 0 spiro atoms. The van der Waals surface area contributed by atoms with E-state index in [1.54, 1.807) is 18.3 Å². The smallest absolute Gasteiger partial charge is 0.275 e. The number of carbonyl (C=O) groups excluding carboxylic acids is 1. The highest BCUT2D eigenvalue weighted by Crippen LogP contribution is 2.40. The summed E-state index contributed by atoms with van der Waals surface area (Å²) in [5.41, 5.74) is 3.76. The first-order chi connectivity index (χ1) is 14.1. The molecule has 7 nitrogen and oxygen atoms in total. The molecule has 1 aliphatic rings. The number of hydrogen-bond donors (Lipinski definition) is 2. The molecule has 0 saturated carbocycles. The summed E-state index contributed by atoms with van der Waals surface area (Å²) in [5.74, 6) is -0.327. The lowest BCUT2D eigenvalue weighted by atomic mass is 9.89. The lowest BCUT2D eigenvalue weighted by molar-refractivity contribution is 0.0663. The maximum Gasteiger partial charge on any atom is 0.275 e. The average molecular weight is 448 g/mol. The first kappa shape index (κ1) is 22.4. The standard InChI is InChI=1S/C21H22ClN5O2.ClH/c1-13(28)21(29)27-20(15-6-9-23-10-7-15)18(17-8-11-24-12-25-17)19(26-27)14-2-4-16(22)5-3-14;/h2-5,8,11-13,15,23,28H,6-7,9-10H2,1H3;1H. The second-order valence-electron chi connectivity index (χ2n) is 7.16. The normalized spacial score (nSPS) is 15.4. The number of benzene rings is 1. The average Bonchev–Trinajstić information content (AvgIpc) is 3.15. The topological polar surface area (TPSA) is 92.9 Å². The van der Waals surface area contributed by atoms with Crippen LogP contribution >= 0.6 is 24.0 Å². The molecule has 1 saturated heterocycles. The highest BCUT2D eigenvalue weighted by atomic mass is 35.5. The third kappa shape index (κ3) is 4.39. The van der Waals surface area contributed by atoms with Crippen molar-refractivity contribution in [2.45, 2.75) is 31.8 Å². The maximum atomic E-state index is 12.9. The van der Waals surface area contributed by atoms with Gasteiger partial charge in [0.1, 0.15) is 18.1 Å². The van der Waals surface area contributed by atoms with Crippen molar-refractivity contribution in [2.75, 3.05) is 13.1 Å². The van der Waals surface area contributed by atoms with Crippen LogP contribution in [0.1, 0.15) is 36.2 Å². The molecule has 1 fully saturated rings. The summed E-state index contributed by atoms with van der Waals surface area (Å²) in [7, 11) is 0. The van der Waals surface area contributed by atoms with E-state index in [1.807, 2.05) is 18.2 Å². The van der Waals surface area contributed by atoms with Gasteiger partial charge in [-0.3, -0.25) is 4.79 Å². The van der Waals surface area contributed by atoms with Crippen molar-refractivity contribution in [3.05, 3.63) is 53.6 Å². The molecule has 158 valence electrons. The molecule has 3 heterocycles. The first-order valence-electron chi connectivity index (χ1n) is 9.64. The fourth-order valence-corrected chi connectivity index (χ4v) is 3.88. The van der Waals surface area contributed by atoms with Crippen LogP contribution in [0.25, 0.3) is 22.5 Å². The minimum atomic E-state index is -1.16. The molecule has 1 aliphatic heterocycles. The molecule has 1 atom stereocenters. The summed E-state index contributed by atoms with van der Waals surface area (Å²) in [6.07, 6.45) is 3.75. The van der Waals surface area contributed by atoms with Gasteiger partial charge in [0.25, 0.3) is 5.91 Å². The summed E-state index contributed by atoms with van der Waals surface area (Å²) < 4.78 is 1.38. The summed E-state index contributed by atoms with van der Waals surface area (Å²) in [6, 6.07) is 9.15. The number of hydrogen-bond acceptors (Lipinski definition) is 6. The Balaban J connectivity index is 0.00000256. The van der Waals surface area contributed by atoms with E-state index in [-0.39, 0.29) is 18.3 Å². The van der Waals surface area contributed by atoms with Crippen LogP contribution in [-0.2, 0) is 0 Å². The monoisotopic (exact) mass is 447 g/mol. The molecule has 3 aromatic rings. The van der Waals surface area contributed by atoms with Crippen LogP contribution in [0.4, 0.5) is 0 Å². The minimum Gasteiger partial charge on any atom is -0.383 e. The molecule has 1 aromatic carbocycles. The molecule has 1 unspecified atom stereocenters. The number of rotatable bonds is 4. The molecule has 30 heavy (non-hydrogen) atoms. The van der Waals surface area contributed by atoms with Gasteiger partial charge >= 0.3 is 0 Å². The Labute approximate surface area is 185 Å². The van der Waals surface area contributed by atoms with Gasteiger partial charge in [-0.25, -0.2) is 14.6 Å². The van der Waals surface area contributed by atoms with Crippen LogP contribution < -0.4 is 5.32 Å². The lowest BCUT2D eigenvalue weighted by Gasteiger charge is -2.24. The van der Waals surface area contributed by atoms with Crippen LogP contribution in [0.5, 0.6) is 0 Å². The molecule has 2 N–H and O–H groups in total. The predicted molar refractivity (Wildman–Crippen MR) is 118 cm³/mol. The van der Waals surface area contributed by atoms with Crippen LogP contribution in [0.2, 0.25) is 5.02 Å². The highest BCUT2D eigenvalue weighted by molar-refractivity contribution is 6.30. The van der Waals surface area contributed by atoms with Crippen molar-refractivity contribution in [3.63, 3.8) is 0 Å². The van der Waals surface area contributed by atoms with Gasteiger partial charge in [-0.05, 0) is 51.1 Å². The van der Waals surface area contributed by atoms with Gasteiger partial charge in [0.15, 0.2) is 0 Å². The Morgan fingerprint density at radius 1 is 1.23 bits per heavy atom. The van der Waals surface area contributed by atoms with E-state index in [2.05, 4.69) is 20.4 Å². The van der Waals surface area contributed by atoms with Crippen molar-refractivity contribution in [1.82, 2.24) is 25.1 Å².